The molecule has 24 heavy (non-hydrogen) atoms. The summed E-state index contributed by atoms with van der Waals surface area (Å²) in [7, 11) is 3.68. The highest BCUT2D eigenvalue weighted by atomic mass is 33.1. The van der Waals surface area contributed by atoms with E-state index in [0.29, 0.717) is 36.2 Å². The van der Waals surface area contributed by atoms with Crippen molar-refractivity contribution in [1.82, 2.24) is 5.32 Å². The Kier molecular flexibility index (Phi) is 14.0. The van der Waals surface area contributed by atoms with Crippen LogP contribution < -0.4 is 5.32 Å². The molecular formula is C19H37NO2S2. The number of carbonyl (C=O) groups is 1. The zero-order valence-corrected chi connectivity index (χ0v) is 18.0. The highest BCUT2D eigenvalue weighted by molar-refractivity contribution is 8.77. The van der Waals surface area contributed by atoms with Gasteiger partial charge in [-0.15, -0.1) is 0 Å². The number of hydrogen-bond acceptors (Lipinski definition) is 4. The fraction of sp³-hybridized carbons (Fsp3) is 0.842. The fourth-order valence-corrected chi connectivity index (χ4v) is 4.20. The zero-order valence-electron chi connectivity index (χ0n) is 16.4. The summed E-state index contributed by atoms with van der Waals surface area (Å²) in [5.74, 6) is 2.08. The van der Waals surface area contributed by atoms with Gasteiger partial charge in [0.15, 0.2) is 0 Å². The van der Waals surface area contributed by atoms with Crippen molar-refractivity contribution < 1.29 is 9.53 Å². The molecule has 0 aliphatic carbocycles. The van der Waals surface area contributed by atoms with E-state index in [1.54, 1.807) is 10.8 Å². The van der Waals surface area contributed by atoms with Gasteiger partial charge in [-0.05, 0) is 44.9 Å². The second-order valence-corrected chi connectivity index (χ2v) is 10.4. The predicted octanol–water partition coefficient (Wildman–Crippen LogP) is 5.67. The smallest absolute Gasteiger partial charge is 0.220 e. The molecule has 0 fully saturated rings. The molecule has 0 aromatic heterocycles. The third-order valence-electron chi connectivity index (χ3n) is 3.37. The van der Waals surface area contributed by atoms with Crippen molar-refractivity contribution >= 4 is 27.5 Å². The molecule has 0 atom stereocenters. The number of hydrogen-bond donors (Lipinski definition) is 1. The van der Waals surface area contributed by atoms with Gasteiger partial charge >= 0.3 is 0 Å². The average Bonchev–Trinajstić information content (AvgIpc) is 2.48. The van der Waals surface area contributed by atoms with E-state index >= 15 is 0 Å². The van der Waals surface area contributed by atoms with E-state index in [1.807, 2.05) is 16.9 Å². The third kappa shape index (κ3) is 16.7. The molecule has 142 valence electrons. The number of ether oxygens (including phenoxy) is 1. The standard InChI is InChI=1S/C19H37NO2S2/c1-16(2)9-7-13-20-18(21)10-8-14-22-15-23-24-19(5,6)12-11-17(3)4/h7,9,16-17H,8,10-15H2,1-6H3,(H,20,21)/b9-7+. The first-order valence-corrected chi connectivity index (χ1v) is 11.4. The van der Waals surface area contributed by atoms with Crippen LogP contribution in [0, 0.1) is 11.8 Å². The van der Waals surface area contributed by atoms with Crippen LogP contribution in [-0.4, -0.2) is 29.7 Å². The van der Waals surface area contributed by atoms with Crippen molar-refractivity contribution in [3.05, 3.63) is 12.2 Å². The van der Waals surface area contributed by atoms with Crippen molar-refractivity contribution in [3.63, 3.8) is 0 Å². The Labute approximate surface area is 157 Å². The molecule has 0 heterocycles. The van der Waals surface area contributed by atoms with Gasteiger partial charge in [0.2, 0.25) is 5.91 Å². The van der Waals surface area contributed by atoms with Crippen LogP contribution >= 0.6 is 21.6 Å². The summed E-state index contributed by atoms with van der Waals surface area (Å²) in [6, 6.07) is 0. The molecule has 1 amide bonds. The summed E-state index contributed by atoms with van der Waals surface area (Å²) >= 11 is 0. The van der Waals surface area contributed by atoms with Crippen LogP contribution in [0.25, 0.3) is 0 Å². The van der Waals surface area contributed by atoms with Gasteiger partial charge in [0, 0.05) is 24.3 Å². The van der Waals surface area contributed by atoms with Crippen molar-refractivity contribution in [2.75, 3.05) is 19.1 Å². The maximum atomic E-state index is 11.6. The van der Waals surface area contributed by atoms with E-state index in [9.17, 15) is 4.79 Å². The predicted molar refractivity (Wildman–Crippen MR) is 110 cm³/mol. The van der Waals surface area contributed by atoms with Crippen LogP contribution in [0.1, 0.15) is 67.2 Å². The number of rotatable bonds is 14. The summed E-state index contributed by atoms with van der Waals surface area (Å²) in [5, 5.41) is 2.89. The van der Waals surface area contributed by atoms with Crippen LogP contribution in [0.2, 0.25) is 0 Å². The Morgan fingerprint density at radius 3 is 2.58 bits per heavy atom. The number of amides is 1. The van der Waals surface area contributed by atoms with E-state index in [2.05, 4.69) is 52.9 Å². The molecule has 5 heteroatoms. The summed E-state index contributed by atoms with van der Waals surface area (Å²) in [4.78, 5) is 11.6. The van der Waals surface area contributed by atoms with E-state index in [-0.39, 0.29) is 5.91 Å². The zero-order chi connectivity index (χ0) is 18.4. The van der Waals surface area contributed by atoms with Gasteiger partial charge < -0.3 is 10.1 Å². The lowest BCUT2D eigenvalue weighted by atomic mass is 10.0. The Hall–Kier alpha value is -0.130. The summed E-state index contributed by atoms with van der Waals surface area (Å²) in [6.07, 6.45) is 7.92. The van der Waals surface area contributed by atoms with Gasteiger partial charge in [0.25, 0.3) is 0 Å². The second kappa shape index (κ2) is 14.1. The lowest BCUT2D eigenvalue weighted by molar-refractivity contribution is -0.121. The highest BCUT2D eigenvalue weighted by Gasteiger charge is 2.19. The SMILES string of the molecule is CC(C)/C=C/CNC(=O)CCCOCSSC(C)(C)CCC(C)C. The first-order chi connectivity index (χ1) is 11.2. The lowest BCUT2D eigenvalue weighted by Crippen LogP contribution is -2.23. The molecule has 0 aliphatic rings. The molecule has 0 rings (SSSR count). The molecule has 0 saturated carbocycles. The molecule has 0 radical (unpaired) electrons. The van der Waals surface area contributed by atoms with Crippen molar-refractivity contribution in [3.8, 4) is 0 Å². The molecule has 0 unspecified atom stereocenters. The normalized spacial score (nSPS) is 12.5. The minimum atomic E-state index is 0.101. The fourth-order valence-electron chi connectivity index (χ4n) is 1.89. The summed E-state index contributed by atoms with van der Waals surface area (Å²) in [6.45, 7) is 14.7. The van der Waals surface area contributed by atoms with Crippen LogP contribution in [0.5, 0.6) is 0 Å². The monoisotopic (exact) mass is 375 g/mol. The molecule has 0 saturated heterocycles. The Morgan fingerprint density at radius 2 is 1.96 bits per heavy atom. The molecule has 1 N–H and O–H groups in total. The van der Waals surface area contributed by atoms with Gasteiger partial charge in [0.05, 0.1) is 0 Å². The van der Waals surface area contributed by atoms with Crippen LogP contribution in [0.4, 0.5) is 0 Å². The maximum absolute atomic E-state index is 11.6. The lowest BCUT2D eigenvalue weighted by Gasteiger charge is -2.24. The first-order valence-electron chi connectivity index (χ1n) is 9.04. The number of nitrogens with one attached hydrogen (secondary N) is 1. The molecule has 0 aromatic carbocycles. The minimum Gasteiger partial charge on any atom is -0.370 e. The molecule has 0 aromatic rings. The van der Waals surface area contributed by atoms with Gasteiger partial charge in [-0.3, -0.25) is 4.79 Å². The van der Waals surface area contributed by atoms with Crippen LogP contribution in [0.3, 0.4) is 0 Å². The quantitative estimate of drug-likeness (QED) is 0.184. The van der Waals surface area contributed by atoms with Gasteiger partial charge in [-0.25, -0.2) is 0 Å². The Balaban J connectivity index is 3.51. The molecular weight excluding hydrogens is 338 g/mol. The molecule has 0 bridgehead atoms. The van der Waals surface area contributed by atoms with E-state index < -0.39 is 0 Å². The molecule has 0 spiro atoms. The van der Waals surface area contributed by atoms with Gasteiger partial charge in [-0.2, -0.15) is 0 Å². The Morgan fingerprint density at radius 1 is 1.25 bits per heavy atom. The molecule has 0 aliphatic heterocycles. The summed E-state index contributed by atoms with van der Waals surface area (Å²) < 4.78 is 5.90. The first kappa shape index (κ1) is 23.9. The largest absolute Gasteiger partial charge is 0.370 e. The average molecular weight is 376 g/mol. The van der Waals surface area contributed by atoms with E-state index in [4.69, 9.17) is 4.74 Å². The van der Waals surface area contributed by atoms with E-state index in [1.165, 1.54) is 12.8 Å². The van der Waals surface area contributed by atoms with Crippen molar-refractivity contribution in [2.24, 2.45) is 11.8 Å². The molecule has 3 nitrogen and oxygen atoms in total. The number of carbonyl (C=O) groups excluding carboxylic acids is 1. The van der Waals surface area contributed by atoms with Crippen molar-refractivity contribution in [1.29, 1.82) is 0 Å². The van der Waals surface area contributed by atoms with Gasteiger partial charge in [-0.1, -0.05) is 61.4 Å². The maximum Gasteiger partial charge on any atom is 0.220 e. The Bertz CT molecular complexity index is 355. The van der Waals surface area contributed by atoms with E-state index in [0.717, 1.165) is 12.3 Å². The number of allylic oxidation sites excluding steroid dienone is 1. The van der Waals surface area contributed by atoms with Crippen molar-refractivity contribution in [2.45, 2.75) is 72.0 Å². The topological polar surface area (TPSA) is 38.3 Å². The third-order valence-corrected chi connectivity index (χ3v) is 6.40. The minimum absolute atomic E-state index is 0.101. The van der Waals surface area contributed by atoms with Crippen LogP contribution in [0.15, 0.2) is 12.2 Å². The second-order valence-electron chi connectivity index (χ2n) is 7.50. The van der Waals surface area contributed by atoms with Gasteiger partial charge in [0.1, 0.15) is 5.94 Å². The highest BCUT2D eigenvalue weighted by Crippen LogP contribution is 2.39. The summed E-state index contributed by atoms with van der Waals surface area (Å²) in [5.41, 5.74) is 0. The van der Waals surface area contributed by atoms with Crippen LogP contribution in [-0.2, 0) is 9.53 Å².